The van der Waals surface area contributed by atoms with E-state index in [1.54, 1.807) is 6.07 Å². The summed E-state index contributed by atoms with van der Waals surface area (Å²) in [5.74, 6) is -2.93. The van der Waals surface area contributed by atoms with Gasteiger partial charge in [0.25, 0.3) is 0 Å². The highest BCUT2D eigenvalue weighted by molar-refractivity contribution is 6.30. The maximum absolute atomic E-state index is 13.8. The van der Waals surface area contributed by atoms with Gasteiger partial charge >= 0.3 is 0 Å². The highest BCUT2D eigenvalue weighted by Gasteiger charge is 2.20. The molecule has 96 valence electrons. The molecule has 4 N–H and O–H groups in total. The first-order valence-corrected chi connectivity index (χ1v) is 5.30. The van der Waals surface area contributed by atoms with E-state index in [1.165, 1.54) is 6.07 Å². The van der Waals surface area contributed by atoms with Crippen molar-refractivity contribution in [3.05, 3.63) is 34.4 Å². The molecule has 5 nitrogen and oxygen atoms in total. The van der Waals surface area contributed by atoms with Gasteiger partial charge in [0.05, 0.1) is 10.7 Å². The molecule has 0 atom stereocenters. The van der Waals surface area contributed by atoms with E-state index >= 15 is 0 Å². The fourth-order valence-electron chi connectivity index (χ4n) is 1.51. The summed E-state index contributed by atoms with van der Waals surface area (Å²) in [4.78, 5) is 7.30. The van der Waals surface area contributed by atoms with E-state index in [4.69, 9.17) is 28.3 Å². The van der Waals surface area contributed by atoms with Crippen LogP contribution in [-0.4, -0.2) is 9.97 Å². The average Bonchev–Trinajstić information content (AvgIpc) is 2.35. The van der Waals surface area contributed by atoms with Crippen LogP contribution in [0.2, 0.25) is 5.02 Å². The van der Waals surface area contributed by atoms with E-state index in [-0.39, 0.29) is 33.6 Å². The van der Waals surface area contributed by atoms with Gasteiger partial charge < -0.3 is 11.5 Å². The molecule has 8 heteroatoms. The third kappa shape index (κ3) is 2.13. The molecule has 1 aromatic heterocycles. The normalized spacial score (nSPS) is 10.2. The van der Waals surface area contributed by atoms with Gasteiger partial charge in [0, 0.05) is 5.56 Å². The van der Waals surface area contributed by atoms with Crippen molar-refractivity contribution in [2.45, 2.75) is 0 Å². The topological polar surface area (TPSA) is 102 Å². The molecule has 0 saturated heterocycles. The van der Waals surface area contributed by atoms with Gasteiger partial charge in [-0.15, -0.1) is 0 Å². The Kier molecular flexibility index (Phi) is 3.19. The highest BCUT2D eigenvalue weighted by atomic mass is 35.5. The molecule has 2 rings (SSSR count). The molecule has 0 radical (unpaired) electrons. The van der Waals surface area contributed by atoms with Crippen molar-refractivity contribution in [2.24, 2.45) is 0 Å². The van der Waals surface area contributed by atoms with E-state index < -0.39 is 11.6 Å². The second-order valence-electron chi connectivity index (χ2n) is 3.53. The SMILES string of the molecule is N#Cc1c(N)nc(N)nc1-c1ccc(Cl)c(F)c1F. The van der Waals surface area contributed by atoms with Gasteiger partial charge in [0.15, 0.2) is 11.6 Å². The van der Waals surface area contributed by atoms with Crippen molar-refractivity contribution in [3.63, 3.8) is 0 Å². The summed E-state index contributed by atoms with van der Waals surface area (Å²) >= 11 is 5.45. The lowest BCUT2D eigenvalue weighted by molar-refractivity contribution is 0.511. The number of nitrogen functional groups attached to an aromatic ring is 2. The monoisotopic (exact) mass is 281 g/mol. The molecule has 0 saturated carbocycles. The van der Waals surface area contributed by atoms with Gasteiger partial charge in [0.1, 0.15) is 17.5 Å². The van der Waals surface area contributed by atoms with Crippen LogP contribution in [0.3, 0.4) is 0 Å². The minimum Gasteiger partial charge on any atom is -0.382 e. The summed E-state index contributed by atoms with van der Waals surface area (Å²) in [7, 11) is 0. The number of halogens is 3. The third-order valence-electron chi connectivity index (χ3n) is 2.36. The zero-order valence-electron chi connectivity index (χ0n) is 9.28. The number of nitriles is 1. The van der Waals surface area contributed by atoms with E-state index in [9.17, 15) is 8.78 Å². The standard InChI is InChI=1S/C11H6ClF2N5/c12-6-2-1-4(7(13)8(6)14)9-5(3-15)10(16)19-11(17)18-9/h1-2H,(H4,16,17,18,19). The Hall–Kier alpha value is -2.46. The summed E-state index contributed by atoms with van der Waals surface area (Å²) in [6.45, 7) is 0. The van der Waals surface area contributed by atoms with Crippen molar-refractivity contribution >= 4 is 23.4 Å². The molecule has 0 unspecified atom stereocenters. The molecule has 0 spiro atoms. The fraction of sp³-hybridized carbons (Fsp3) is 0. The van der Waals surface area contributed by atoms with Crippen molar-refractivity contribution < 1.29 is 8.78 Å². The number of nitrogens with two attached hydrogens (primary N) is 2. The Morgan fingerprint density at radius 1 is 1.16 bits per heavy atom. The molecular formula is C11H6ClF2N5. The summed E-state index contributed by atoms with van der Waals surface area (Å²) in [5.41, 5.74) is 10.2. The fourth-order valence-corrected chi connectivity index (χ4v) is 1.66. The molecule has 1 heterocycles. The molecule has 19 heavy (non-hydrogen) atoms. The van der Waals surface area contributed by atoms with E-state index in [2.05, 4.69) is 9.97 Å². The van der Waals surface area contributed by atoms with E-state index in [0.29, 0.717) is 0 Å². The predicted molar refractivity (Wildman–Crippen MR) is 65.9 cm³/mol. The Bertz CT molecular complexity index is 711. The van der Waals surface area contributed by atoms with Crippen LogP contribution in [0.4, 0.5) is 20.5 Å². The smallest absolute Gasteiger partial charge is 0.222 e. The lowest BCUT2D eigenvalue weighted by Crippen LogP contribution is -2.06. The predicted octanol–water partition coefficient (Wildman–Crippen LogP) is 2.11. The van der Waals surface area contributed by atoms with E-state index in [0.717, 1.165) is 6.07 Å². The Morgan fingerprint density at radius 2 is 1.84 bits per heavy atom. The molecule has 0 aliphatic heterocycles. The summed E-state index contributed by atoms with van der Waals surface area (Å²) in [6, 6.07) is 4.05. The van der Waals surface area contributed by atoms with Gasteiger partial charge in [-0.3, -0.25) is 0 Å². The number of anilines is 2. The summed E-state index contributed by atoms with van der Waals surface area (Å²) < 4.78 is 27.2. The molecule has 0 amide bonds. The molecule has 1 aromatic carbocycles. The van der Waals surface area contributed by atoms with Crippen LogP contribution >= 0.6 is 11.6 Å². The minimum absolute atomic E-state index is 0.180. The molecular weight excluding hydrogens is 276 g/mol. The number of rotatable bonds is 1. The van der Waals surface area contributed by atoms with Crippen molar-refractivity contribution in [2.75, 3.05) is 11.5 Å². The molecule has 0 aliphatic carbocycles. The van der Waals surface area contributed by atoms with Crippen LogP contribution in [0.1, 0.15) is 5.56 Å². The Labute approximate surface area is 111 Å². The average molecular weight is 282 g/mol. The zero-order valence-corrected chi connectivity index (χ0v) is 10.0. The maximum Gasteiger partial charge on any atom is 0.222 e. The van der Waals surface area contributed by atoms with Crippen LogP contribution in [0, 0.1) is 23.0 Å². The molecule has 0 fully saturated rings. The van der Waals surface area contributed by atoms with Crippen LogP contribution in [0.25, 0.3) is 11.3 Å². The van der Waals surface area contributed by atoms with Gasteiger partial charge in [-0.05, 0) is 12.1 Å². The van der Waals surface area contributed by atoms with Crippen LogP contribution in [-0.2, 0) is 0 Å². The van der Waals surface area contributed by atoms with Crippen molar-refractivity contribution in [3.8, 4) is 17.3 Å². The third-order valence-corrected chi connectivity index (χ3v) is 2.65. The zero-order chi connectivity index (χ0) is 14.2. The minimum atomic E-state index is -1.24. The molecule has 2 aromatic rings. The lowest BCUT2D eigenvalue weighted by Gasteiger charge is -2.08. The van der Waals surface area contributed by atoms with Crippen LogP contribution in [0.5, 0.6) is 0 Å². The Balaban J connectivity index is 2.80. The summed E-state index contributed by atoms with van der Waals surface area (Å²) in [5, 5.41) is 8.59. The lowest BCUT2D eigenvalue weighted by atomic mass is 10.1. The van der Waals surface area contributed by atoms with E-state index in [1.807, 2.05) is 0 Å². The van der Waals surface area contributed by atoms with Crippen LogP contribution in [0.15, 0.2) is 12.1 Å². The van der Waals surface area contributed by atoms with Crippen molar-refractivity contribution in [1.29, 1.82) is 5.26 Å². The van der Waals surface area contributed by atoms with Gasteiger partial charge in [0.2, 0.25) is 5.95 Å². The van der Waals surface area contributed by atoms with Crippen LogP contribution < -0.4 is 11.5 Å². The number of aromatic nitrogens is 2. The maximum atomic E-state index is 13.8. The number of hydrogen-bond acceptors (Lipinski definition) is 5. The number of hydrogen-bond donors (Lipinski definition) is 2. The molecule has 0 aliphatic rings. The first-order valence-electron chi connectivity index (χ1n) is 4.92. The number of nitrogens with zero attached hydrogens (tertiary/aromatic N) is 3. The first-order chi connectivity index (χ1) is 8.95. The summed E-state index contributed by atoms with van der Waals surface area (Å²) in [6.07, 6.45) is 0. The highest BCUT2D eigenvalue weighted by Crippen LogP contribution is 2.31. The quantitative estimate of drug-likeness (QED) is 0.780. The first kappa shape index (κ1) is 13.0. The Morgan fingerprint density at radius 3 is 2.47 bits per heavy atom. The van der Waals surface area contributed by atoms with Crippen molar-refractivity contribution in [1.82, 2.24) is 9.97 Å². The number of benzene rings is 1. The largest absolute Gasteiger partial charge is 0.382 e. The van der Waals surface area contributed by atoms with Gasteiger partial charge in [-0.2, -0.15) is 10.2 Å². The molecule has 0 bridgehead atoms. The second kappa shape index (κ2) is 4.66. The second-order valence-corrected chi connectivity index (χ2v) is 3.93. The van der Waals surface area contributed by atoms with Gasteiger partial charge in [-0.25, -0.2) is 13.8 Å². The van der Waals surface area contributed by atoms with Gasteiger partial charge in [-0.1, -0.05) is 11.6 Å².